The minimum atomic E-state index is -0.195. The summed E-state index contributed by atoms with van der Waals surface area (Å²) in [5.74, 6) is 0.773. The Kier molecular flexibility index (Phi) is 6.39. The number of thiazole rings is 1. The lowest BCUT2D eigenvalue weighted by molar-refractivity contribution is -0.120. The van der Waals surface area contributed by atoms with E-state index in [0.29, 0.717) is 30.2 Å². The Bertz CT molecular complexity index is 628. The minimum Gasteiger partial charge on any atom is -0.356 e. The molecule has 1 aromatic carbocycles. The average molecular weight is 338 g/mol. The van der Waals surface area contributed by atoms with Gasteiger partial charge in [0, 0.05) is 17.7 Å². The molecule has 0 atom stereocenters. The Morgan fingerprint density at radius 2 is 2.18 bits per heavy atom. The molecule has 3 nitrogen and oxygen atoms in total. The topological polar surface area (TPSA) is 42.0 Å². The smallest absolute Gasteiger partial charge is 0.226 e. The van der Waals surface area contributed by atoms with Gasteiger partial charge in [-0.1, -0.05) is 43.8 Å². The van der Waals surface area contributed by atoms with Crippen molar-refractivity contribution in [3.8, 4) is 0 Å². The van der Waals surface area contributed by atoms with Crippen molar-refractivity contribution in [2.24, 2.45) is 5.92 Å². The van der Waals surface area contributed by atoms with Crippen LogP contribution in [0.4, 0.5) is 4.39 Å². The van der Waals surface area contributed by atoms with Crippen LogP contribution in [-0.2, 0) is 17.0 Å². The first-order chi connectivity index (χ1) is 10.5. The van der Waals surface area contributed by atoms with Crippen LogP contribution in [0.3, 0.4) is 0 Å². The molecule has 0 aliphatic heterocycles. The Hall–Kier alpha value is -1.40. The van der Waals surface area contributed by atoms with Gasteiger partial charge >= 0.3 is 0 Å². The predicted molar refractivity (Wildman–Crippen MR) is 89.6 cm³/mol. The second kappa shape index (κ2) is 8.29. The number of aromatic nitrogens is 1. The number of rotatable bonds is 7. The van der Waals surface area contributed by atoms with Gasteiger partial charge in [0.05, 0.1) is 12.1 Å². The molecule has 0 unspecified atom stereocenters. The monoisotopic (exact) mass is 338 g/mol. The van der Waals surface area contributed by atoms with Gasteiger partial charge in [0.1, 0.15) is 10.2 Å². The van der Waals surface area contributed by atoms with Crippen molar-refractivity contribution in [1.82, 2.24) is 10.3 Å². The van der Waals surface area contributed by atoms with Crippen LogP contribution in [0.1, 0.15) is 25.1 Å². The van der Waals surface area contributed by atoms with Crippen molar-refractivity contribution in [2.75, 3.05) is 6.54 Å². The van der Waals surface area contributed by atoms with Crippen LogP contribution in [0.2, 0.25) is 0 Å². The molecule has 0 radical (unpaired) electrons. The van der Waals surface area contributed by atoms with Crippen LogP contribution < -0.4 is 5.32 Å². The van der Waals surface area contributed by atoms with Gasteiger partial charge in [-0.15, -0.1) is 11.3 Å². The van der Waals surface area contributed by atoms with Crippen LogP contribution in [0.15, 0.2) is 34.0 Å². The lowest BCUT2D eigenvalue weighted by Gasteiger charge is -2.06. The number of nitrogens with one attached hydrogen (secondary N) is 1. The number of carbonyl (C=O) groups excluding carboxylic acids is 1. The Labute approximate surface area is 138 Å². The molecule has 1 N–H and O–H groups in total. The van der Waals surface area contributed by atoms with E-state index in [1.54, 1.807) is 12.1 Å². The minimum absolute atomic E-state index is 0.00958. The zero-order chi connectivity index (χ0) is 15.9. The molecular weight excluding hydrogens is 319 g/mol. The van der Waals surface area contributed by atoms with E-state index in [9.17, 15) is 9.18 Å². The maximum Gasteiger partial charge on any atom is 0.226 e. The Morgan fingerprint density at radius 3 is 2.91 bits per heavy atom. The molecule has 0 saturated heterocycles. The maximum absolute atomic E-state index is 13.5. The van der Waals surface area contributed by atoms with Gasteiger partial charge in [-0.2, -0.15) is 0 Å². The van der Waals surface area contributed by atoms with Crippen molar-refractivity contribution >= 4 is 29.0 Å². The van der Waals surface area contributed by atoms with E-state index in [-0.39, 0.29) is 11.7 Å². The van der Waals surface area contributed by atoms with E-state index in [2.05, 4.69) is 24.1 Å². The first kappa shape index (κ1) is 17.0. The zero-order valence-electron chi connectivity index (χ0n) is 12.6. The van der Waals surface area contributed by atoms with E-state index in [4.69, 9.17) is 0 Å². The van der Waals surface area contributed by atoms with E-state index >= 15 is 0 Å². The number of benzene rings is 1. The third-order valence-electron chi connectivity index (χ3n) is 2.89. The fraction of sp³-hybridized carbons (Fsp3) is 0.375. The number of thioether (sulfide) groups is 1. The summed E-state index contributed by atoms with van der Waals surface area (Å²) in [4.78, 5) is 16.2. The zero-order valence-corrected chi connectivity index (χ0v) is 14.3. The highest BCUT2D eigenvalue weighted by Crippen LogP contribution is 2.27. The summed E-state index contributed by atoms with van der Waals surface area (Å²) >= 11 is 2.98. The summed E-state index contributed by atoms with van der Waals surface area (Å²) in [6.07, 6.45) is 0.295. The molecule has 0 aliphatic carbocycles. The molecule has 2 rings (SSSR count). The molecule has 0 aliphatic rings. The number of carbonyl (C=O) groups is 1. The van der Waals surface area contributed by atoms with Gasteiger partial charge in [-0.25, -0.2) is 9.37 Å². The molecule has 22 heavy (non-hydrogen) atoms. The van der Waals surface area contributed by atoms with Crippen LogP contribution in [0.5, 0.6) is 0 Å². The number of hydrogen-bond acceptors (Lipinski definition) is 4. The van der Waals surface area contributed by atoms with Gasteiger partial charge in [-0.05, 0) is 17.5 Å². The predicted octanol–water partition coefficient (Wildman–Crippen LogP) is 3.89. The quantitative estimate of drug-likeness (QED) is 0.779. The van der Waals surface area contributed by atoms with Crippen molar-refractivity contribution in [1.29, 1.82) is 0 Å². The fourth-order valence-corrected chi connectivity index (χ4v) is 3.57. The molecule has 1 amide bonds. The summed E-state index contributed by atoms with van der Waals surface area (Å²) in [6.45, 7) is 4.79. The molecule has 0 bridgehead atoms. The summed E-state index contributed by atoms with van der Waals surface area (Å²) in [5.41, 5.74) is 1.43. The second-order valence-corrected chi connectivity index (χ2v) is 7.44. The van der Waals surface area contributed by atoms with Crippen LogP contribution in [0, 0.1) is 11.7 Å². The first-order valence-corrected chi connectivity index (χ1v) is 8.98. The highest BCUT2D eigenvalue weighted by atomic mass is 32.2. The van der Waals surface area contributed by atoms with Crippen molar-refractivity contribution in [3.63, 3.8) is 0 Å². The summed E-state index contributed by atoms with van der Waals surface area (Å²) < 4.78 is 14.4. The molecular formula is C16H19FN2OS2. The van der Waals surface area contributed by atoms with Crippen molar-refractivity contribution in [3.05, 3.63) is 46.7 Å². The summed E-state index contributed by atoms with van der Waals surface area (Å²) in [7, 11) is 0. The first-order valence-electron chi connectivity index (χ1n) is 7.12. The van der Waals surface area contributed by atoms with E-state index in [0.717, 1.165) is 10.0 Å². The van der Waals surface area contributed by atoms with Crippen LogP contribution >= 0.6 is 23.1 Å². The highest BCUT2D eigenvalue weighted by molar-refractivity contribution is 8.00. The Morgan fingerprint density at radius 1 is 1.41 bits per heavy atom. The van der Waals surface area contributed by atoms with Crippen molar-refractivity contribution in [2.45, 2.75) is 30.4 Å². The van der Waals surface area contributed by atoms with Crippen molar-refractivity contribution < 1.29 is 9.18 Å². The third kappa shape index (κ3) is 5.42. The number of hydrogen-bond donors (Lipinski definition) is 1. The SMILES string of the molecule is CC(C)CNC(=O)Cc1csc(SCc2ccccc2F)n1. The number of nitrogens with zero attached hydrogens (tertiary/aromatic N) is 1. The van der Waals surface area contributed by atoms with Gasteiger partial charge in [-0.3, -0.25) is 4.79 Å². The standard InChI is InChI=1S/C16H19FN2OS2/c1-11(2)8-18-15(20)7-13-10-22-16(19-13)21-9-12-5-3-4-6-14(12)17/h3-6,10-11H,7-9H2,1-2H3,(H,18,20). The van der Waals surface area contributed by atoms with Gasteiger partial charge in [0.15, 0.2) is 0 Å². The number of amides is 1. The lowest BCUT2D eigenvalue weighted by Crippen LogP contribution is -2.28. The van der Waals surface area contributed by atoms with Crippen LogP contribution in [-0.4, -0.2) is 17.4 Å². The van der Waals surface area contributed by atoms with Crippen LogP contribution in [0.25, 0.3) is 0 Å². The molecule has 118 valence electrons. The normalized spacial score (nSPS) is 10.9. The summed E-state index contributed by atoms with van der Waals surface area (Å²) in [6, 6.07) is 6.74. The lowest BCUT2D eigenvalue weighted by atomic mass is 10.2. The van der Waals surface area contributed by atoms with Gasteiger partial charge < -0.3 is 5.32 Å². The summed E-state index contributed by atoms with van der Waals surface area (Å²) in [5, 5.41) is 4.76. The van der Waals surface area contributed by atoms with E-state index in [1.807, 2.05) is 11.4 Å². The molecule has 2 aromatic rings. The van der Waals surface area contributed by atoms with E-state index in [1.165, 1.54) is 29.2 Å². The number of halogens is 1. The van der Waals surface area contributed by atoms with Gasteiger partial charge in [0.2, 0.25) is 5.91 Å². The molecule has 0 spiro atoms. The largest absolute Gasteiger partial charge is 0.356 e. The molecule has 0 saturated carbocycles. The second-order valence-electron chi connectivity index (χ2n) is 5.36. The maximum atomic E-state index is 13.5. The molecule has 1 heterocycles. The third-order valence-corrected chi connectivity index (χ3v) is 5.01. The molecule has 6 heteroatoms. The van der Waals surface area contributed by atoms with E-state index < -0.39 is 0 Å². The fourth-order valence-electron chi connectivity index (χ4n) is 1.74. The molecule has 1 aromatic heterocycles. The van der Waals surface area contributed by atoms with Gasteiger partial charge in [0.25, 0.3) is 0 Å². The molecule has 0 fully saturated rings. The Balaban J connectivity index is 1.84. The highest BCUT2D eigenvalue weighted by Gasteiger charge is 2.09. The average Bonchev–Trinajstić information content (AvgIpc) is 2.92.